The normalized spacial score (nSPS) is 8.70. The van der Waals surface area contributed by atoms with Crippen LogP contribution in [0.25, 0.3) is 0 Å². The highest BCUT2D eigenvalue weighted by Crippen LogP contribution is 2.02. The van der Waals surface area contributed by atoms with Crippen LogP contribution < -0.4 is 0 Å². The minimum absolute atomic E-state index is 0.197. The van der Waals surface area contributed by atoms with Crippen molar-refractivity contribution in [2.75, 3.05) is 19.6 Å². The van der Waals surface area contributed by atoms with Crippen LogP contribution in [0.5, 0.6) is 0 Å². The molecule has 56 valence electrons. The van der Waals surface area contributed by atoms with E-state index in [1.54, 1.807) is 18.6 Å². The first-order chi connectivity index (χ1) is 4.63. The van der Waals surface area contributed by atoms with Gasteiger partial charge in [0.1, 0.15) is 6.07 Å². The first-order valence-electron chi connectivity index (χ1n) is 2.56. The summed E-state index contributed by atoms with van der Waals surface area (Å²) in [6.07, 6.45) is 3.60. The van der Waals surface area contributed by atoms with E-state index in [0.717, 1.165) is 0 Å². The van der Waals surface area contributed by atoms with Crippen molar-refractivity contribution in [1.29, 1.82) is 5.26 Å². The molecule has 0 aliphatic rings. The molecule has 0 aliphatic heterocycles. The molecule has 0 rings (SSSR count). The highest BCUT2D eigenvalue weighted by Gasteiger charge is 2.08. The molecule has 4 heteroatoms. The summed E-state index contributed by atoms with van der Waals surface area (Å²) in [5, 5.41) is 8.42. The van der Waals surface area contributed by atoms with E-state index in [4.69, 9.17) is 5.26 Å². The molecule has 0 aromatic carbocycles. The highest BCUT2D eigenvalue weighted by molar-refractivity contribution is 8.16. The number of nitriles is 1. The minimum Gasteiger partial charge on any atom is -0.465 e. The summed E-state index contributed by atoms with van der Waals surface area (Å²) in [6, 6.07) is 1.81. The molecular formula is C6H9NO2S. The summed E-state index contributed by atoms with van der Waals surface area (Å²) in [5.41, 5.74) is 0. The SMILES string of the molecule is COC(=O)C(C#N)=S(C)C. The fourth-order valence-electron chi connectivity index (χ4n) is 0.396. The molecule has 0 N–H and O–H groups in total. The van der Waals surface area contributed by atoms with E-state index >= 15 is 0 Å². The maximum absolute atomic E-state index is 10.7. The number of nitrogens with zero attached hydrogens (tertiary/aromatic N) is 1. The van der Waals surface area contributed by atoms with Crippen LogP contribution in [-0.2, 0) is 9.53 Å². The average molecular weight is 159 g/mol. The van der Waals surface area contributed by atoms with Crippen LogP contribution >= 0.6 is 10.5 Å². The molecule has 0 radical (unpaired) electrons. The Balaban J connectivity index is 4.59. The van der Waals surface area contributed by atoms with Gasteiger partial charge in [-0.05, 0) is 12.5 Å². The molecule has 0 aromatic rings. The molecular weight excluding hydrogens is 150 g/mol. The van der Waals surface area contributed by atoms with Gasteiger partial charge in [-0.15, -0.1) is 0 Å². The van der Waals surface area contributed by atoms with Gasteiger partial charge in [-0.3, -0.25) is 0 Å². The van der Waals surface area contributed by atoms with Crippen LogP contribution in [0, 0.1) is 11.3 Å². The van der Waals surface area contributed by atoms with E-state index in [9.17, 15) is 4.79 Å². The van der Waals surface area contributed by atoms with Crippen molar-refractivity contribution >= 4 is 21.3 Å². The Labute approximate surface area is 62.5 Å². The van der Waals surface area contributed by atoms with Gasteiger partial charge in [0, 0.05) is 0 Å². The van der Waals surface area contributed by atoms with Crippen LogP contribution in [0.4, 0.5) is 0 Å². The number of hydrogen-bond donors (Lipinski definition) is 0. The van der Waals surface area contributed by atoms with Gasteiger partial charge in [0.05, 0.1) is 7.11 Å². The zero-order valence-corrected chi connectivity index (χ0v) is 6.99. The maximum atomic E-state index is 10.7. The summed E-state index contributed by atoms with van der Waals surface area (Å²) in [4.78, 5) is 10.9. The fraction of sp³-hybridized carbons (Fsp3) is 0.500. The standard InChI is InChI=1S/C6H9NO2S/c1-9-6(8)5(4-7)10(2)3/h1-3H3. The van der Waals surface area contributed by atoms with Crippen molar-refractivity contribution in [2.24, 2.45) is 0 Å². The molecule has 0 amide bonds. The van der Waals surface area contributed by atoms with E-state index in [-0.39, 0.29) is 15.3 Å². The van der Waals surface area contributed by atoms with Crippen LogP contribution in [0.2, 0.25) is 0 Å². The Kier molecular flexibility index (Phi) is 3.74. The van der Waals surface area contributed by atoms with E-state index in [0.29, 0.717) is 0 Å². The zero-order chi connectivity index (χ0) is 8.15. The average Bonchev–Trinajstić information content (AvgIpc) is 1.88. The number of hydrogen-bond acceptors (Lipinski definition) is 3. The minimum atomic E-state index is -0.518. The largest absolute Gasteiger partial charge is 0.465 e. The summed E-state index contributed by atoms with van der Waals surface area (Å²) in [6.45, 7) is 0. The van der Waals surface area contributed by atoms with Gasteiger partial charge in [-0.2, -0.15) is 15.7 Å². The van der Waals surface area contributed by atoms with Crippen LogP contribution in [0.1, 0.15) is 0 Å². The lowest BCUT2D eigenvalue weighted by atomic mass is 10.5. The Morgan fingerprint density at radius 1 is 1.60 bits per heavy atom. The van der Waals surface area contributed by atoms with Gasteiger partial charge >= 0.3 is 5.97 Å². The summed E-state index contributed by atoms with van der Waals surface area (Å²) >= 11 is 0. The first kappa shape index (κ1) is 9.18. The van der Waals surface area contributed by atoms with E-state index in [1.165, 1.54) is 7.11 Å². The molecule has 0 aliphatic carbocycles. The molecule has 0 spiro atoms. The van der Waals surface area contributed by atoms with Crippen molar-refractivity contribution in [2.45, 2.75) is 0 Å². The monoisotopic (exact) mass is 159 g/mol. The van der Waals surface area contributed by atoms with Crippen LogP contribution in [0.3, 0.4) is 0 Å². The highest BCUT2D eigenvalue weighted by atomic mass is 32.2. The predicted octanol–water partition coefficient (Wildman–Crippen LogP) is 0.384. The second kappa shape index (κ2) is 4.07. The van der Waals surface area contributed by atoms with Crippen LogP contribution in [0.15, 0.2) is 0 Å². The Morgan fingerprint density at radius 2 is 2.10 bits per heavy atom. The van der Waals surface area contributed by atoms with Crippen molar-refractivity contribution in [1.82, 2.24) is 0 Å². The van der Waals surface area contributed by atoms with Gasteiger partial charge < -0.3 is 4.74 Å². The quantitative estimate of drug-likeness (QED) is 0.410. The summed E-state index contributed by atoms with van der Waals surface area (Å²) in [5.74, 6) is -0.518. The lowest BCUT2D eigenvalue weighted by Gasteiger charge is -1.97. The molecule has 0 aromatic heterocycles. The second-order valence-electron chi connectivity index (χ2n) is 1.75. The summed E-state index contributed by atoms with van der Waals surface area (Å²) in [7, 11) is 0.968. The maximum Gasteiger partial charge on any atom is 0.354 e. The molecule has 0 saturated heterocycles. The number of ether oxygens (including phenoxy) is 1. The molecule has 0 saturated carbocycles. The van der Waals surface area contributed by atoms with Gasteiger partial charge in [0.15, 0.2) is 4.86 Å². The van der Waals surface area contributed by atoms with Crippen molar-refractivity contribution in [3.63, 3.8) is 0 Å². The van der Waals surface area contributed by atoms with Crippen molar-refractivity contribution in [3.05, 3.63) is 0 Å². The number of rotatable bonds is 1. The molecule has 0 heterocycles. The third-order valence-electron chi connectivity index (χ3n) is 0.881. The van der Waals surface area contributed by atoms with Crippen LogP contribution in [-0.4, -0.2) is 30.5 Å². The Morgan fingerprint density at radius 3 is 2.20 bits per heavy atom. The molecule has 0 atom stereocenters. The lowest BCUT2D eigenvalue weighted by molar-refractivity contribution is -0.132. The number of carbonyl (C=O) groups excluding carboxylic acids is 1. The smallest absolute Gasteiger partial charge is 0.354 e. The molecule has 10 heavy (non-hydrogen) atoms. The Bertz CT molecular complexity index is 210. The number of methoxy groups -OCH3 is 1. The van der Waals surface area contributed by atoms with Crippen molar-refractivity contribution < 1.29 is 9.53 Å². The lowest BCUT2D eigenvalue weighted by Crippen LogP contribution is -2.13. The fourth-order valence-corrected chi connectivity index (χ4v) is 0.996. The topological polar surface area (TPSA) is 50.1 Å². The second-order valence-corrected chi connectivity index (χ2v) is 3.79. The van der Waals surface area contributed by atoms with Gasteiger partial charge in [0.2, 0.25) is 0 Å². The number of esters is 1. The third kappa shape index (κ3) is 2.19. The van der Waals surface area contributed by atoms with Crippen molar-refractivity contribution in [3.8, 4) is 6.07 Å². The van der Waals surface area contributed by atoms with E-state index in [2.05, 4.69) is 4.74 Å². The molecule has 3 nitrogen and oxygen atoms in total. The molecule has 0 fully saturated rings. The van der Waals surface area contributed by atoms with Gasteiger partial charge in [0.25, 0.3) is 0 Å². The first-order valence-corrected chi connectivity index (χ1v) is 4.60. The van der Waals surface area contributed by atoms with Gasteiger partial charge in [-0.1, -0.05) is 0 Å². The molecule has 0 unspecified atom stereocenters. The van der Waals surface area contributed by atoms with Gasteiger partial charge in [-0.25, -0.2) is 4.79 Å². The van der Waals surface area contributed by atoms with E-state index < -0.39 is 5.97 Å². The van der Waals surface area contributed by atoms with E-state index in [1.807, 2.05) is 0 Å². The number of carbonyl (C=O) groups is 1. The molecule has 0 bridgehead atoms. The summed E-state index contributed by atoms with van der Waals surface area (Å²) < 4.78 is 4.37. The Hall–Kier alpha value is -0.820. The predicted molar refractivity (Wildman–Crippen MR) is 42.1 cm³/mol. The third-order valence-corrected chi connectivity index (χ3v) is 1.96. The zero-order valence-electron chi connectivity index (χ0n) is 6.17.